The Morgan fingerprint density at radius 3 is 2.54 bits per heavy atom. The van der Waals surface area contributed by atoms with E-state index >= 15 is 0 Å². The number of carbonyl (C=O) groups excluding carboxylic acids is 1. The van der Waals surface area contributed by atoms with Gasteiger partial charge < -0.3 is 9.64 Å². The first-order valence-electron chi connectivity index (χ1n) is 9.31. The smallest absolute Gasteiger partial charge is 0.253 e. The first-order valence-corrected chi connectivity index (χ1v) is 10.3. The van der Waals surface area contributed by atoms with Crippen LogP contribution >= 0.6 is 11.3 Å². The summed E-state index contributed by atoms with van der Waals surface area (Å²) in [7, 11) is 0. The average molecular weight is 388 g/mol. The van der Waals surface area contributed by atoms with Crippen molar-refractivity contribution in [1.82, 2.24) is 4.90 Å². The Hall–Kier alpha value is -3.10. The summed E-state index contributed by atoms with van der Waals surface area (Å²) in [5, 5.41) is 13.2. The highest BCUT2D eigenvalue weighted by atomic mass is 32.1. The summed E-state index contributed by atoms with van der Waals surface area (Å²) < 4.78 is 6.12. The lowest BCUT2D eigenvalue weighted by molar-refractivity contribution is 0.0595. The Bertz CT molecular complexity index is 982. The average Bonchev–Trinajstić information content (AvgIpc) is 3.29. The van der Waals surface area contributed by atoms with E-state index in [0.717, 1.165) is 18.6 Å². The number of amides is 1. The molecule has 0 aliphatic carbocycles. The van der Waals surface area contributed by atoms with E-state index in [1.165, 1.54) is 11.1 Å². The number of piperidine rings is 1. The summed E-state index contributed by atoms with van der Waals surface area (Å²) in [6.45, 7) is 1.32. The lowest BCUT2D eigenvalue weighted by Gasteiger charge is -2.32. The molecule has 0 bridgehead atoms. The van der Waals surface area contributed by atoms with Gasteiger partial charge in [-0.3, -0.25) is 4.79 Å². The van der Waals surface area contributed by atoms with Crippen LogP contribution in [0.2, 0.25) is 0 Å². The Kier molecular flexibility index (Phi) is 5.41. The number of nitrogens with zero attached hydrogens (tertiary/aromatic N) is 2. The van der Waals surface area contributed by atoms with Gasteiger partial charge in [0, 0.05) is 31.5 Å². The molecule has 2 aromatic carbocycles. The quantitative estimate of drug-likeness (QED) is 0.634. The molecular formula is C23H20N2O2S. The van der Waals surface area contributed by atoms with Crippen molar-refractivity contribution in [2.45, 2.75) is 18.9 Å². The highest BCUT2D eigenvalue weighted by molar-refractivity contribution is 7.08. The number of benzene rings is 2. The van der Waals surface area contributed by atoms with Gasteiger partial charge in [-0.1, -0.05) is 18.2 Å². The lowest BCUT2D eigenvalue weighted by Crippen LogP contribution is -2.41. The van der Waals surface area contributed by atoms with Crippen LogP contribution in [0, 0.1) is 11.3 Å². The van der Waals surface area contributed by atoms with E-state index in [2.05, 4.69) is 35.0 Å². The summed E-state index contributed by atoms with van der Waals surface area (Å²) >= 11 is 1.69. The molecule has 140 valence electrons. The topological polar surface area (TPSA) is 53.3 Å². The monoisotopic (exact) mass is 388 g/mol. The van der Waals surface area contributed by atoms with Crippen LogP contribution in [0.5, 0.6) is 5.75 Å². The second-order valence-electron chi connectivity index (χ2n) is 6.84. The van der Waals surface area contributed by atoms with Crippen LogP contribution < -0.4 is 4.74 Å². The zero-order valence-corrected chi connectivity index (χ0v) is 16.2. The first-order chi connectivity index (χ1) is 13.7. The van der Waals surface area contributed by atoms with Crippen LogP contribution in [0.25, 0.3) is 11.1 Å². The molecule has 5 heteroatoms. The van der Waals surface area contributed by atoms with E-state index in [0.29, 0.717) is 24.2 Å². The molecule has 1 fully saturated rings. The number of nitriles is 1. The molecule has 1 aliphatic heterocycles. The number of likely N-dealkylation sites (tertiary alicyclic amines) is 1. The van der Waals surface area contributed by atoms with Crippen molar-refractivity contribution in [2.24, 2.45) is 0 Å². The Labute approximate surface area is 168 Å². The van der Waals surface area contributed by atoms with E-state index in [-0.39, 0.29) is 12.0 Å². The van der Waals surface area contributed by atoms with Crippen molar-refractivity contribution < 1.29 is 9.53 Å². The molecular weight excluding hydrogens is 368 g/mol. The molecule has 2 heterocycles. The largest absolute Gasteiger partial charge is 0.490 e. The minimum Gasteiger partial charge on any atom is -0.490 e. The van der Waals surface area contributed by atoms with Gasteiger partial charge in [0.1, 0.15) is 11.9 Å². The predicted octanol–water partition coefficient (Wildman–Crippen LogP) is 4.97. The Morgan fingerprint density at radius 2 is 1.86 bits per heavy atom. The molecule has 0 radical (unpaired) electrons. The third-order valence-electron chi connectivity index (χ3n) is 4.98. The highest BCUT2D eigenvalue weighted by Crippen LogP contribution is 2.26. The summed E-state index contributed by atoms with van der Waals surface area (Å²) in [6, 6.07) is 19.3. The summed E-state index contributed by atoms with van der Waals surface area (Å²) in [6.07, 6.45) is 1.72. The Balaban J connectivity index is 1.33. The number of hydrogen-bond donors (Lipinski definition) is 0. The van der Waals surface area contributed by atoms with Gasteiger partial charge in [0.2, 0.25) is 0 Å². The molecule has 0 unspecified atom stereocenters. The van der Waals surface area contributed by atoms with Gasteiger partial charge in [-0.25, -0.2) is 0 Å². The van der Waals surface area contributed by atoms with E-state index in [1.54, 1.807) is 35.6 Å². The van der Waals surface area contributed by atoms with Crippen LogP contribution in [0.15, 0.2) is 65.4 Å². The second-order valence-corrected chi connectivity index (χ2v) is 7.62. The standard InChI is InChI=1S/C23H20N2O2S/c24-15-17-2-1-3-19(14-17)23(26)25-11-8-22(9-12-25)27-21-6-4-18(5-7-21)20-10-13-28-16-20/h1-7,10,13-14,16,22H,8-9,11-12H2. The maximum Gasteiger partial charge on any atom is 0.253 e. The molecule has 0 saturated carbocycles. The molecule has 3 aromatic rings. The number of hydrogen-bond acceptors (Lipinski definition) is 4. The molecule has 0 spiro atoms. The van der Waals surface area contributed by atoms with Crippen LogP contribution in [-0.2, 0) is 0 Å². The van der Waals surface area contributed by atoms with E-state index < -0.39 is 0 Å². The molecule has 0 atom stereocenters. The Morgan fingerprint density at radius 1 is 1.07 bits per heavy atom. The highest BCUT2D eigenvalue weighted by Gasteiger charge is 2.24. The minimum atomic E-state index is -0.0179. The van der Waals surface area contributed by atoms with Crippen LogP contribution in [0.4, 0.5) is 0 Å². The maximum absolute atomic E-state index is 12.7. The molecule has 1 aliphatic rings. The third kappa shape index (κ3) is 4.08. The van der Waals surface area contributed by atoms with Gasteiger partial charge in [-0.15, -0.1) is 0 Å². The molecule has 1 saturated heterocycles. The third-order valence-corrected chi connectivity index (χ3v) is 5.66. The minimum absolute atomic E-state index is 0.0179. The number of thiophene rings is 1. The summed E-state index contributed by atoms with van der Waals surface area (Å²) in [5.74, 6) is 0.848. The van der Waals surface area contributed by atoms with E-state index in [1.807, 2.05) is 17.0 Å². The molecule has 1 amide bonds. The van der Waals surface area contributed by atoms with E-state index in [4.69, 9.17) is 10.00 Å². The van der Waals surface area contributed by atoms with Crippen molar-refractivity contribution in [3.05, 3.63) is 76.5 Å². The zero-order valence-electron chi connectivity index (χ0n) is 15.4. The fourth-order valence-corrected chi connectivity index (χ4v) is 4.09. The molecule has 1 aromatic heterocycles. The molecule has 0 N–H and O–H groups in total. The van der Waals surface area contributed by atoms with Gasteiger partial charge in [0.25, 0.3) is 5.91 Å². The molecule has 4 rings (SSSR count). The second kappa shape index (κ2) is 8.28. The van der Waals surface area contributed by atoms with Crippen molar-refractivity contribution in [2.75, 3.05) is 13.1 Å². The van der Waals surface area contributed by atoms with Crippen LogP contribution in [0.3, 0.4) is 0 Å². The molecule has 4 nitrogen and oxygen atoms in total. The van der Waals surface area contributed by atoms with Gasteiger partial charge in [-0.05, 0) is 58.3 Å². The van der Waals surface area contributed by atoms with Crippen LogP contribution in [-0.4, -0.2) is 30.0 Å². The maximum atomic E-state index is 12.7. The number of rotatable bonds is 4. The SMILES string of the molecule is N#Cc1cccc(C(=O)N2CCC(Oc3ccc(-c4ccsc4)cc3)CC2)c1. The molecule has 28 heavy (non-hydrogen) atoms. The van der Waals surface area contributed by atoms with Gasteiger partial charge in [-0.2, -0.15) is 16.6 Å². The van der Waals surface area contributed by atoms with E-state index in [9.17, 15) is 4.79 Å². The summed E-state index contributed by atoms with van der Waals surface area (Å²) in [5.41, 5.74) is 3.50. The van der Waals surface area contributed by atoms with Crippen molar-refractivity contribution >= 4 is 17.2 Å². The fourth-order valence-electron chi connectivity index (χ4n) is 3.43. The number of carbonyl (C=O) groups is 1. The van der Waals surface area contributed by atoms with Gasteiger partial charge in [0.15, 0.2) is 0 Å². The van der Waals surface area contributed by atoms with Gasteiger partial charge >= 0.3 is 0 Å². The lowest BCUT2D eigenvalue weighted by atomic mass is 10.0. The first kappa shape index (κ1) is 18.3. The summed E-state index contributed by atoms with van der Waals surface area (Å²) in [4.78, 5) is 14.5. The van der Waals surface area contributed by atoms with Crippen LogP contribution in [0.1, 0.15) is 28.8 Å². The fraction of sp³-hybridized carbons (Fsp3) is 0.217. The zero-order chi connectivity index (χ0) is 19.3. The predicted molar refractivity (Wildman–Crippen MR) is 110 cm³/mol. The van der Waals surface area contributed by atoms with Crippen molar-refractivity contribution in [3.63, 3.8) is 0 Å². The van der Waals surface area contributed by atoms with Gasteiger partial charge in [0.05, 0.1) is 11.6 Å². The number of ether oxygens (including phenoxy) is 1. The van der Waals surface area contributed by atoms with Crippen molar-refractivity contribution in [3.8, 4) is 22.9 Å². The normalized spacial score (nSPS) is 14.5. The van der Waals surface area contributed by atoms with Crippen molar-refractivity contribution in [1.29, 1.82) is 5.26 Å².